The van der Waals surface area contributed by atoms with Gasteiger partial charge in [0.25, 0.3) is 11.8 Å². The van der Waals surface area contributed by atoms with Crippen molar-refractivity contribution in [1.29, 1.82) is 0 Å². The molecule has 2 fully saturated rings. The van der Waals surface area contributed by atoms with Crippen molar-refractivity contribution in [2.45, 2.75) is 206 Å². The van der Waals surface area contributed by atoms with E-state index in [9.17, 15) is 57.8 Å². The maximum atomic E-state index is 12.8. The third kappa shape index (κ3) is 39.4. The van der Waals surface area contributed by atoms with Gasteiger partial charge in [0.15, 0.2) is 6.10 Å². The van der Waals surface area contributed by atoms with Crippen LogP contribution in [0, 0.1) is 17.8 Å². The topological polar surface area (TPSA) is 309 Å². The number of carboxylic acid groups (broad SMARTS) is 1. The fraction of sp³-hybridized carbons (Fsp3) is 0.613. The summed E-state index contributed by atoms with van der Waals surface area (Å²) < 4.78 is 44.6. The second-order valence-corrected chi connectivity index (χ2v) is 27.2. The van der Waals surface area contributed by atoms with Crippen LogP contribution in [0.25, 0.3) is 0 Å². The summed E-state index contributed by atoms with van der Waals surface area (Å²) >= 11 is 14.9. The number of esters is 5. The smallest absolute Gasteiger partial charge is 0.306 e. The standard InChI is InChI=1S/C26H36ClNO7S.C23H34O6.C16H28O6.C10H10ClNO2S/c1-18(29)12-13-19(14-16-34-22(30)11-5-4-8-15-33-2)17-23(31)35-25-24(28(36-3)26(25)32)20-9-6-7-10-21(20)27;1-19(24)12-13-20(14-16-28-22(25)11-7-4-8-15-27-2)17-23(26)29-18-21-9-5-3-6-10-21;1-13(17)7-8-14(12-15(18)19)9-11-22-16(20)6-4-3-5-10-21-2;1-15-12-8(9(13)10(12)14)6-4-2-3-5-7(6)11/h6-7,9-10,19,24-25H,4-5,8,11-17H2,1-3H3;3,5-6,9-10,20H,4,7-8,11-18H2,1-2H3;14H,3-12H2,1-2H3,(H,18,19);2-5,8-9,13H,1H3/t19?,24-,25+;;;8-,9+/m0..0/s1. The van der Waals surface area contributed by atoms with Crippen molar-refractivity contribution in [3.05, 3.63) is 106 Å². The van der Waals surface area contributed by atoms with Crippen LogP contribution in [-0.4, -0.2) is 169 Å². The van der Waals surface area contributed by atoms with Gasteiger partial charge in [0.05, 0.1) is 19.8 Å². The van der Waals surface area contributed by atoms with E-state index in [-0.39, 0.29) is 123 Å². The number of amides is 2. The first-order chi connectivity index (χ1) is 48.9. The van der Waals surface area contributed by atoms with Crippen LogP contribution < -0.4 is 0 Å². The molecule has 2 aliphatic heterocycles. The van der Waals surface area contributed by atoms with Crippen LogP contribution in [0.4, 0.5) is 0 Å². The van der Waals surface area contributed by atoms with Gasteiger partial charge in [-0.3, -0.25) is 47.0 Å². The van der Waals surface area contributed by atoms with Crippen molar-refractivity contribution >= 4 is 112 Å². The number of rotatable bonds is 49. The number of hydrogen-bond acceptors (Lipinski definition) is 22. The number of Topliss-reactive ketones (excluding diaryl/α,β-unsaturated/α-hetero) is 3. The lowest BCUT2D eigenvalue weighted by molar-refractivity contribution is -0.175. The zero-order valence-electron chi connectivity index (χ0n) is 60.6. The molecule has 2 heterocycles. The zero-order chi connectivity index (χ0) is 75.6. The molecule has 570 valence electrons. The van der Waals surface area contributed by atoms with E-state index in [1.54, 1.807) is 56.3 Å². The third-order valence-corrected chi connectivity index (χ3v) is 18.8. The van der Waals surface area contributed by atoms with E-state index in [0.717, 1.165) is 68.9 Å². The average Bonchev–Trinajstić information content (AvgIpc) is 0.762. The van der Waals surface area contributed by atoms with Crippen LogP contribution in [0.15, 0.2) is 78.9 Å². The first-order valence-corrected chi connectivity index (χ1v) is 38.0. The highest BCUT2D eigenvalue weighted by Crippen LogP contribution is 2.44. The van der Waals surface area contributed by atoms with Crippen molar-refractivity contribution in [2.24, 2.45) is 17.8 Å². The highest BCUT2D eigenvalue weighted by molar-refractivity contribution is 7.97. The van der Waals surface area contributed by atoms with Gasteiger partial charge in [-0.2, -0.15) is 0 Å². The molecular weight excluding hydrogens is 1400 g/mol. The predicted molar refractivity (Wildman–Crippen MR) is 391 cm³/mol. The van der Waals surface area contributed by atoms with Gasteiger partial charge in [0.1, 0.15) is 36.0 Å². The fourth-order valence-corrected chi connectivity index (χ4v) is 12.7. The summed E-state index contributed by atoms with van der Waals surface area (Å²) in [5, 5.41) is 19.5. The second kappa shape index (κ2) is 55.1. The summed E-state index contributed by atoms with van der Waals surface area (Å²) in [6.45, 7) is 7.46. The Labute approximate surface area is 620 Å². The van der Waals surface area contributed by atoms with Crippen LogP contribution in [-0.2, 0) is 97.2 Å². The largest absolute Gasteiger partial charge is 0.481 e. The van der Waals surface area contributed by atoms with Crippen molar-refractivity contribution < 1.29 is 101 Å². The quantitative estimate of drug-likeness (QED) is 0.0174. The molecule has 0 aliphatic carbocycles. The molecule has 5 rings (SSSR count). The number of halogens is 2. The Kier molecular flexibility index (Phi) is 49.5. The SMILES string of the molecule is COCCCCCC(=O)OCCC(CCC(C)=O)CC(=O)O.COCCCCCC(=O)OCCC(CCC(C)=O)CC(=O)OCc1ccccc1.COCCCCCC(=O)OCCC(CCC(C)=O)CC(=O)O[C@H]1C(=O)N(SC)[C@H]1c1ccccc1Cl.CSN1C(=O)[C@H](O)[C@@H]1c1ccccc1Cl. The number of β-lactam (4-membered cyclic amide) rings is 2. The summed E-state index contributed by atoms with van der Waals surface area (Å²) in [7, 11) is 4.95. The summed E-state index contributed by atoms with van der Waals surface area (Å²) in [6, 6.07) is 23.1. The number of aliphatic hydroxyl groups is 1. The van der Waals surface area contributed by atoms with E-state index in [0.29, 0.717) is 112 Å². The monoisotopic (exact) mass is 1510 g/mol. The first-order valence-electron chi connectivity index (χ1n) is 34.8. The lowest BCUT2D eigenvalue weighted by Crippen LogP contribution is -2.57. The maximum absolute atomic E-state index is 12.8. The van der Waals surface area contributed by atoms with Crippen LogP contribution >= 0.6 is 47.1 Å². The molecule has 2 saturated heterocycles. The predicted octanol–water partition coefficient (Wildman–Crippen LogP) is 13.6. The Morgan fingerprint density at radius 2 is 0.814 bits per heavy atom. The van der Waals surface area contributed by atoms with Gasteiger partial charge in [-0.25, -0.2) is 0 Å². The Hall–Kier alpha value is -6.45. The van der Waals surface area contributed by atoms with Gasteiger partial charge >= 0.3 is 35.8 Å². The Morgan fingerprint density at radius 3 is 1.20 bits per heavy atom. The number of aliphatic carboxylic acids is 1. The number of benzene rings is 3. The molecule has 27 heteroatoms. The maximum Gasteiger partial charge on any atom is 0.306 e. The summed E-state index contributed by atoms with van der Waals surface area (Å²) in [4.78, 5) is 129. The molecule has 0 aromatic heterocycles. The van der Waals surface area contributed by atoms with Gasteiger partial charge in [-0.05, 0) is 144 Å². The summed E-state index contributed by atoms with van der Waals surface area (Å²) in [5.74, 6) is -3.25. The van der Waals surface area contributed by atoms with Gasteiger partial charge in [-0.15, -0.1) is 0 Å². The third-order valence-electron chi connectivity index (χ3n) is 16.5. The molecular formula is C75H108Cl2N2O21S2. The van der Waals surface area contributed by atoms with E-state index < -0.39 is 30.2 Å². The van der Waals surface area contributed by atoms with Crippen LogP contribution in [0.3, 0.4) is 0 Å². The molecule has 0 bridgehead atoms. The second-order valence-electron chi connectivity index (χ2n) is 24.9. The minimum Gasteiger partial charge on any atom is -0.481 e. The number of aliphatic hydroxyl groups excluding tert-OH is 1. The number of ketones is 3. The number of nitrogens with zero attached hydrogens (tertiary/aromatic N) is 2. The molecule has 102 heavy (non-hydrogen) atoms. The van der Waals surface area contributed by atoms with Gasteiger partial charge in [-0.1, -0.05) is 133 Å². The Bertz CT molecular complexity index is 3000. The molecule has 3 aromatic rings. The molecule has 0 radical (unpaired) electrons. The Morgan fingerprint density at radius 1 is 0.441 bits per heavy atom. The molecule has 3 unspecified atom stereocenters. The minimum atomic E-state index is -0.961. The molecule has 2 aliphatic rings. The number of hydrogen-bond donors (Lipinski definition) is 2. The average molecular weight is 1510 g/mol. The number of carboxylic acids is 1. The highest BCUT2D eigenvalue weighted by Gasteiger charge is 2.52. The van der Waals surface area contributed by atoms with Gasteiger partial charge < -0.3 is 62.5 Å². The van der Waals surface area contributed by atoms with Crippen molar-refractivity contribution in [3.63, 3.8) is 0 Å². The molecule has 2 N–H and O–H groups in total. The normalized spacial score (nSPS) is 15.9. The van der Waals surface area contributed by atoms with E-state index in [1.165, 1.54) is 49.0 Å². The summed E-state index contributed by atoms with van der Waals surface area (Å²) in [6.07, 6.45) is 14.9. The first kappa shape index (κ1) is 91.6. The van der Waals surface area contributed by atoms with Crippen LogP contribution in [0.1, 0.15) is 204 Å². The van der Waals surface area contributed by atoms with E-state index in [4.69, 9.17) is 66.2 Å². The van der Waals surface area contributed by atoms with Crippen molar-refractivity contribution in [1.82, 2.24) is 8.61 Å². The van der Waals surface area contributed by atoms with Gasteiger partial charge in [0.2, 0.25) is 6.10 Å². The number of ether oxygens (including phenoxy) is 8. The van der Waals surface area contributed by atoms with Crippen molar-refractivity contribution in [2.75, 3.05) is 73.5 Å². The Balaban J connectivity index is 0.000000482. The zero-order valence-corrected chi connectivity index (χ0v) is 63.7. The number of unbranched alkanes of at least 4 members (excludes halogenated alkanes) is 6. The minimum absolute atomic E-state index is 0.00183. The molecule has 0 spiro atoms. The molecule has 0 saturated carbocycles. The lowest BCUT2D eigenvalue weighted by Gasteiger charge is -2.44. The van der Waals surface area contributed by atoms with E-state index in [2.05, 4.69) is 0 Å². The number of carbonyl (C=O) groups excluding carboxylic acids is 10. The number of methoxy groups -OCH3 is 3. The molecule has 7 atom stereocenters. The fourth-order valence-electron chi connectivity index (χ4n) is 10.7. The molecule has 23 nitrogen and oxygen atoms in total. The van der Waals surface area contributed by atoms with Crippen molar-refractivity contribution in [3.8, 4) is 0 Å². The number of carbonyl (C=O) groups is 11. The summed E-state index contributed by atoms with van der Waals surface area (Å²) in [5.41, 5.74) is 2.44. The van der Waals surface area contributed by atoms with Crippen LogP contribution in [0.5, 0.6) is 0 Å². The van der Waals surface area contributed by atoms with E-state index >= 15 is 0 Å². The van der Waals surface area contributed by atoms with E-state index in [1.807, 2.05) is 60.7 Å². The lowest BCUT2D eigenvalue weighted by atomic mass is 9.93. The highest BCUT2D eigenvalue weighted by atomic mass is 35.5. The molecule has 2 amide bonds. The molecule has 3 aromatic carbocycles. The van der Waals surface area contributed by atoms with Gasteiger partial charge in [0, 0.05) is 121 Å². The van der Waals surface area contributed by atoms with Crippen LogP contribution in [0.2, 0.25) is 10.0 Å².